The number of esters is 1. The van der Waals surface area contributed by atoms with Crippen LogP contribution in [0.5, 0.6) is 5.75 Å². The highest BCUT2D eigenvalue weighted by Crippen LogP contribution is 2.23. The van der Waals surface area contributed by atoms with Crippen LogP contribution < -0.4 is 4.74 Å². The Hall–Kier alpha value is -3.06. The monoisotopic (exact) mass is 363 g/mol. The number of nitriles is 1. The van der Waals surface area contributed by atoms with Gasteiger partial charge in [0, 0.05) is 0 Å². The standard InChI is InChI=1S/C23H25NO3/c1-2-7-23(25)27-17-6-4-3-5-16-26-22-14-12-21(13-15-22)20-10-8-19(18-24)9-11-20/h2,8-15H,1,3-7,16-17H2. The number of hydrogen-bond acceptors (Lipinski definition) is 4. The molecule has 0 radical (unpaired) electrons. The van der Waals surface area contributed by atoms with Crippen molar-refractivity contribution in [1.82, 2.24) is 0 Å². The summed E-state index contributed by atoms with van der Waals surface area (Å²) in [5.74, 6) is 0.642. The van der Waals surface area contributed by atoms with Crippen molar-refractivity contribution in [1.29, 1.82) is 5.26 Å². The van der Waals surface area contributed by atoms with Crippen LogP contribution in [0.25, 0.3) is 11.1 Å². The van der Waals surface area contributed by atoms with Gasteiger partial charge in [-0.25, -0.2) is 0 Å². The summed E-state index contributed by atoms with van der Waals surface area (Å²) in [6.45, 7) is 4.65. The number of unbranched alkanes of at least 4 members (excludes halogenated alkanes) is 3. The topological polar surface area (TPSA) is 59.3 Å². The number of ether oxygens (including phenoxy) is 2. The summed E-state index contributed by atoms with van der Waals surface area (Å²) in [6, 6.07) is 17.6. The minimum atomic E-state index is -0.210. The van der Waals surface area contributed by atoms with E-state index in [1.807, 2.05) is 48.5 Å². The molecule has 0 aliphatic rings. The van der Waals surface area contributed by atoms with E-state index in [1.165, 1.54) is 0 Å². The Morgan fingerprint density at radius 2 is 1.52 bits per heavy atom. The maximum atomic E-state index is 11.2. The Balaban J connectivity index is 1.62. The normalized spacial score (nSPS) is 10.0. The van der Waals surface area contributed by atoms with E-state index in [-0.39, 0.29) is 12.4 Å². The third-order valence-electron chi connectivity index (χ3n) is 4.08. The molecule has 0 saturated heterocycles. The van der Waals surface area contributed by atoms with Crippen LogP contribution in [0.1, 0.15) is 37.7 Å². The van der Waals surface area contributed by atoms with Crippen molar-refractivity contribution in [3.05, 3.63) is 66.7 Å². The lowest BCUT2D eigenvalue weighted by Gasteiger charge is -2.08. The van der Waals surface area contributed by atoms with Crippen LogP contribution in [0.4, 0.5) is 0 Å². The smallest absolute Gasteiger partial charge is 0.309 e. The summed E-state index contributed by atoms with van der Waals surface area (Å²) in [4.78, 5) is 11.2. The zero-order valence-corrected chi connectivity index (χ0v) is 15.5. The van der Waals surface area contributed by atoms with Crippen LogP contribution in [0.2, 0.25) is 0 Å². The molecule has 27 heavy (non-hydrogen) atoms. The van der Waals surface area contributed by atoms with E-state index in [4.69, 9.17) is 14.7 Å². The van der Waals surface area contributed by atoms with Crippen LogP contribution in [-0.2, 0) is 9.53 Å². The fraction of sp³-hybridized carbons (Fsp3) is 0.304. The molecule has 0 aliphatic carbocycles. The first-order valence-corrected chi connectivity index (χ1v) is 9.23. The van der Waals surface area contributed by atoms with Gasteiger partial charge in [0.15, 0.2) is 0 Å². The van der Waals surface area contributed by atoms with Gasteiger partial charge in [0.05, 0.1) is 31.3 Å². The van der Waals surface area contributed by atoms with Gasteiger partial charge < -0.3 is 9.47 Å². The van der Waals surface area contributed by atoms with Crippen molar-refractivity contribution in [3.63, 3.8) is 0 Å². The van der Waals surface area contributed by atoms with Crippen LogP contribution in [0.3, 0.4) is 0 Å². The summed E-state index contributed by atoms with van der Waals surface area (Å²) in [6.07, 6.45) is 5.74. The van der Waals surface area contributed by atoms with Gasteiger partial charge in [0.2, 0.25) is 0 Å². The zero-order chi connectivity index (χ0) is 19.3. The fourth-order valence-electron chi connectivity index (χ4n) is 2.59. The van der Waals surface area contributed by atoms with Crippen molar-refractivity contribution in [2.45, 2.75) is 32.1 Å². The average Bonchev–Trinajstić information content (AvgIpc) is 2.71. The van der Waals surface area contributed by atoms with E-state index in [0.29, 0.717) is 18.8 Å². The molecular weight excluding hydrogens is 338 g/mol. The number of rotatable bonds is 11. The van der Waals surface area contributed by atoms with Gasteiger partial charge in [-0.2, -0.15) is 5.26 Å². The Morgan fingerprint density at radius 1 is 0.926 bits per heavy atom. The van der Waals surface area contributed by atoms with Crippen LogP contribution >= 0.6 is 0 Å². The van der Waals surface area contributed by atoms with Gasteiger partial charge in [-0.15, -0.1) is 6.58 Å². The molecule has 0 heterocycles. The lowest BCUT2D eigenvalue weighted by atomic mass is 10.0. The molecule has 0 amide bonds. The number of carbonyl (C=O) groups is 1. The average molecular weight is 363 g/mol. The Bertz CT molecular complexity index is 758. The minimum Gasteiger partial charge on any atom is -0.494 e. The van der Waals surface area contributed by atoms with Gasteiger partial charge in [-0.05, 0) is 61.1 Å². The molecule has 0 bridgehead atoms. The molecule has 4 nitrogen and oxygen atoms in total. The van der Waals surface area contributed by atoms with Crippen molar-refractivity contribution < 1.29 is 14.3 Å². The molecule has 0 aliphatic heterocycles. The lowest BCUT2D eigenvalue weighted by molar-refractivity contribution is -0.142. The molecule has 0 N–H and O–H groups in total. The first-order chi connectivity index (χ1) is 13.2. The first-order valence-electron chi connectivity index (χ1n) is 9.23. The summed E-state index contributed by atoms with van der Waals surface area (Å²) in [5.41, 5.74) is 2.83. The SMILES string of the molecule is C=CCC(=O)OCCCCCCOc1ccc(-c2ccc(C#N)cc2)cc1. The Kier molecular flexibility index (Phi) is 8.65. The third-order valence-corrected chi connectivity index (χ3v) is 4.08. The van der Waals surface area contributed by atoms with Gasteiger partial charge >= 0.3 is 5.97 Å². The summed E-state index contributed by atoms with van der Waals surface area (Å²) in [7, 11) is 0. The Morgan fingerprint density at radius 3 is 2.11 bits per heavy atom. The predicted molar refractivity (Wildman–Crippen MR) is 106 cm³/mol. The Labute approximate surface area is 161 Å². The van der Waals surface area contributed by atoms with E-state index >= 15 is 0 Å². The van der Waals surface area contributed by atoms with E-state index in [2.05, 4.69) is 12.6 Å². The van der Waals surface area contributed by atoms with Crippen LogP contribution in [-0.4, -0.2) is 19.2 Å². The minimum absolute atomic E-state index is 0.210. The van der Waals surface area contributed by atoms with E-state index in [0.717, 1.165) is 42.6 Å². The van der Waals surface area contributed by atoms with Crippen molar-refractivity contribution in [2.24, 2.45) is 0 Å². The fourth-order valence-corrected chi connectivity index (χ4v) is 2.59. The second-order valence-electron chi connectivity index (χ2n) is 6.19. The highest BCUT2D eigenvalue weighted by Gasteiger charge is 2.01. The third kappa shape index (κ3) is 7.37. The van der Waals surface area contributed by atoms with Gasteiger partial charge in [0.1, 0.15) is 5.75 Å². The van der Waals surface area contributed by atoms with E-state index in [1.54, 1.807) is 6.08 Å². The largest absolute Gasteiger partial charge is 0.494 e. The van der Waals surface area contributed by atoms with Crippen LogP contribution in [0, 0.1) is 11.3 Å². The van der Waals surface area contributed by atoms with E-state index < -0.39 is 0 Å². The number of hydrogen-bond donors (Lipinski definition) is 0. The molecule has 0 saturated carbocycles. The number of nitrogens with zero attached hydrogens (tertiary/aromatic N) is 1. The van der Waals surface area contributed by atoms with Gasteiger partial charge in [0.25, 0.3) is 0 Å². The summed E-state index contributed by atoms with van der Waals surface area (Å²) >= 11 is 0. The number of benzene rings is 2. The van der Waals surface area contributed by atoms with Gasteiger partial charge in [-0.1, -0.05) is 30.3 Å². The molecule has 0 aromatic heterocycles. The maximum Gasteiger partial charge on any atom is 0.309 e. The highest BCUT2D eigenvalue weighted by atomic mass is 16.5. The van der Waals surface area contributed by atoms with E-state index in [9.17, 15) is 4.79 Å². The quantitative estimate of drug-likeness (QED) is 0.309. The highest BCUT2D eigenvalue weighted by molar-refractivity contribution is 5.70. The molecule has 140 valence electrons. The van der Waals surface area contributed by atoms with Crippen LogP contribution in [0.15, 0.2) is 61.2 Å². The molecule has 0 spiro atoms. The first kappa shape index (κ1) is 20.3. The van der Waals surface area contributed by atoms with Crippen molar-refractivity contribution in [2.75, 3.05) is 13.2 Å². The second-order valence-corrected chi connectivity index (χ2v) is 6.19. The molecule has 0 unspecified atom stereocenters. The zero-order valence-electron chi connectivity index (χ0n) is 15.5. The predicted octanol–water partition coefficient (Wildman–Crippen LogP) is 5.28. The molecular formula is C23H25NO3. The van der Waals surface area contributed by atoms with Crippen molar-refractivity contribution >= 4 is 5.97 Å². The molecule has 2 aromatic rings. The maximum absolute atomic E-state index is 11.2. The molecule has 2 aromatic carbocycles. The summed E-state index contributed by atoms with van der Waals surface area (Å²) < 4.78 is 10.8. The van der Waals surface area contributed by atoms with Gasteiger partial charge in [-0.3, -0.25) is 4.79 Å². The van der Waals surface area contributed by atoms with Crippen molar-refractivity contribution in [3.8, 4) is 22.9 Å². The lowest BCUT2D eigenvalue weighted by Crippen LogP contribution is -2.04. The number of carbonyl (C=O) groups excluding carboxylic acids is 1. The molecule has 0 atom stereocenters. The molecule has 4 heteroatoms. The molecule has 0 fully saturated rings. The second kappa shape index (κ2) is 11.5. The molecule has 2 rings (SSSR count). The summed E-state index contributed by atoms with van der Waals surface area (Å²) in [5, 5.41) is 8.85.